The van der Waals surface area contributed by atoms with Gasteiger partial charge in [0.15, 0.2) is 14.5 Å². The van der Waals surface area contributed by atoms with E-state index in [1.54, 1.807) is 0 Å². The van der Waals surface area contributed by atoms with Gasteiger partial charge in [-0.1, -0.05) is 20.8 Å². The molecule has 4 atom stereocenters. The summed E-state index contributed by atoms with van der Waals surface area (Å²) in [6.45, 7) is 10.8. The van der Waals surface area contributed by atoms with Crippen molar-refractivity contribution >= 4 is 8.32 Å². The standard InChI is InChI=1S/C17H28N2O6Si/c1-16(2,3)26(4,5)25-11-8-17(9-20)10-23-13(11)14(24-17)19-7-6-12(21)18-15(19)22/h6-7,11,13-14,20H,8-10H2,1-5H3,(H,18,21,22)/t11?,13-,14?,17+/m1/s1. The predicted molar refractivity (Wildman–Crippen MR) is 97.7 cm³/mol. The lowest BCUT2D eigenvalue weighted by Crippen LogP contribution is -2.66. The molecule has 4 heterocycles. The average Bonchev–Trinajstić information content (AvgIpc) is 2.53. The van der Waals surface area contributed by atoms with E-state index < -0.39 is 37.5 Å². The van der Waals surface area contributed by atoms with Crippen LogP contribution in [0.15, 0.2) is 21.9 Å². The Morgan fingerprint density at radius 2 is 2.12 bits per heavy atom. The summed E-state index contributed by atoms with van der Waals surface area (Å²) in [4.78, 5) is 25.8. The number of nitrogens with zero attached hydrogens (tertiary/aromatic N) is 1. The Labute approximate surface area is 153 Å². The summed E-state index contributed by atoms with van der Waals surface area (Å²) in [7, 11) is -2.09. The first-order chi connectivity index (χ1) is 12.0. The van der Waals surface area contributed by atoms with Crippen LogP contribution in [0.2, 0.25) is 18.1 Å². The van der Waals surface area contributed by atoms with E-state index in [4.69, 9.17) is 13.9 Å². The maximum absolute atomic E-state index is 12.2. The Kier molecular flexibility index (Phi) is 4.81. The van der Waals surface area contributed by atoms with Gasteiger partial charge in [-0.05, 0) is 18.1 Å². The second kappa shape index (κ2) is 6.41. The van der Waals surface area contributed by atoms with Gasteiger partial charge >= 0.3 is 5.69 Å². The fraction of sp³-hybridized carbons (Fsp3) is 0.765. The molecule has 146 valence electrons. The number of H-pyrrole nitrogens is 1. The van der Waals surface area contributed by atoms with Gasteiger partial charge in [0.2, 0.25) is 0 Å². The van der Waals surface area contributed by atoms with Crippen molar-refractivity contribution in [1.82, 2.24) is 9.55 Å². The molecule has 3 aliphatic rings. The highest BCUT2D eigenvalue weighted by Gasteiger charge is 2.56. The summed E-state index contributed by atoms with van der Waals surface area (Å²) >= 11 is 0. The van der Waals surface area contributed by atoms with Crippen LogP contribution in [0.4, 0.5) is 0 Å². The van der Waals surface area contributed by atoms with Crippen molar-refractivity contribution in [2.45, 2.75) is 69.4 Å². The lowest BCUT2D eigenvalue weighted by Gasteiger charge is -2.55. The summed E-state index contributed by atoms with van der Waals surface area (Å²) in [5, 5.41) is 9.94. The zero-order valence-corrected chi connectivity index (χ0v) is 16.9. The summed E-state index contributed by atoms with van der Waals surface area (Å²) in [6.07, 6.45) is 0.360. The number of aliphatic hydroxyl groups is 1. The monoisotopic (exact) mass is 384 g/mol. The molecule has 0 radical (unpaired) electrons. The molecule has 26 heavy (non-hydrogen) atoms. The van der Waals surface area contributed by atoms with Crippen LogP contribution in [-0.2, 0) is 13.9 Å². The summed E-state index contributed by atoms with van der Waals surface area (Å²) in [5.41, 5.74) is -1.96. The van der Waals surface area contributed by atoms with Crippen molar-refractivity contribution in [2.24, 2.45) is 0 Å². The molecule has 8 nitrogen and oxygen atoms in total. The molecule has 3 fully saturated rings. The van der Waals surface area contributed by atoms with E-state index >= 15 is 0 Å². The number of hydrogen-bond acceptors (Lipinski definition) is 6. The first kappa shape index (κ1) is 19.5. The van der Waals surface area contributed by atoms with Crippen LogP contribution in [0.1, 0.15) is 33.4 Å². The third kappa shape index (κ3) is 3.34. The van der Waals surface area contributed by atoms with E-state index in [0.29, 0.717) is 6.42 Å². The minimum Gasteiger partial charge on any atom is -0.411 e. The highest BCUT2D eigenvalue weighted by Crippen LogP contribution is 2.46. The van der Waals surface area contributed by atoms with Crippen LogP contribution in [0.3, 0.4) is 0 Å². The van der Waals surface area contributed by atoms with Gasteiger partial charge in [0.25, 0.3) is 5.56 Å². The van der Waals surface area contributed by atoms with Gasteiger partial charge < -0.3 is 19.0 Å². The average molecular weight is 385 g/mol. The van der Waals surface area contributed by atoms with Crippen LogP contribution in [-0.4, -0.2) is 54.0 Å². The number of aromatic amines is 1. The molecule has 1 aromatic rings. The maximum Gasteiger partial charge on any atom is 0.330 e. The van der Waals surface area contributed by atoms with Gasteiger partial charge in [-0.3, -0.25) is 14.3 Å². The fourth-order valence-corrected chi connectivity index (χ4v) is 4.55. The highest BCUT2D eigenvalue weighted by molar-refractivity contribution is 6.74. The molecule has 0 amide bonds. The van der Waals surface area contributed by atoms with Gasteiger partial charge in [0, 0.05) is 18.7 Å². The van der Waals surface area contributed by atoms with E-state index in [9.17, 15) is 14.7 Å². The highest BCUT2D eigenvalue weighted by atomic mass is 28.4. The predicted octanol–water partition coefficient (Wildman–Crippen LogP) is 0.976. The molecule has 2 bridgehead atoms. The molecule has 2 unspecified atom stereocenters. The van der Waals surface area contributed by atoms with Crippen molar-refractivity contribution in [2.75, 3.05) is 13.2 Å². The van der Waals surface area contributed by atoms with Crippen molar-refractivity contribution in [3.63, 3.8) is 0 Å². The lowest BCUT2D eigenvalue weighted by molar-refractivity contribution is -0.328. The molecule has 2 N–H and O–H groups in total. The van der Waals surface area contributed by atoms with E-state index in [1.807, 2.05) is 0 Å². The summed E-state index contributed by atoms with van der Waals surface area (Å²) < 4.78 is 19.9. The quantitative estimate of drug-likeness (QED) is 0.750. The molecule has 1 aromatic heterocycles. The lowest BCUT2D eigenvalue weighted by atomic mass is 9.87. The Balaban J connectivity index is 1.96. The second-order valence-corrected chi connectivity index (χ2v) is 13.5. The van der Waals surface area contributed by atoms with Gasteiger partial charge in [0.1, 0.15) is 11.7 Å². The van der Waals surface area contributed by atoms with E-state index in [0.717, 1.165) is 0 Å². The Morgan fingerprint density at radius 3 is 2.69 bits per heavy atom. The van der Waals surface area contributed by atoms with Gasteiger partial charge in [-0.15, -0.1) is 0 Å². The molecule has 9 heteroatoms. The zero-order chi connectivity index (χ0) is 19.3. The molecular formula is C17H28N2O6Si. The Hall–Kier alpha value is -1.26. The topological polar surface area (TPSA) is 103 Å². The van der Waals surface area contributed by atoms with Crippen LogP contribution in [0, 0.1) is 0 Å². The minimum atomic E-state index is -2.09. The molecule has 0 saturated carbocycles. The number of nitrogens with one attached hydrogen (secondary N) is 1. The number of rotatable bonds is 4. The number of aromatic nitrogens is 2. The molecular weight excluding hydrogens is 356 g/mol. The fourth-order valence-electron chi connectivity index (χ4n) is 3.22. The normalized spacial score (nSPS) is 32.0. The van der Waals surface area contributed by atoms with Gasteiger partial charge in [0.05, 0.1) is 19.3 Å². The zero-order valence-electron chi connectivity index (χ0n) is 15.9. The van der Waals surface area contributed by atoms with Gasteiger partial charge in [-0.2, -0.15) is 0 Å². The van der Waals surface area contributed by atoms with Crippen LogP contribution < -0.4 is 11.2 Å². The largest absolute Gasteiger partial charge is 0.411 e. The summed E-state index contributed by atoms with van der Waals surface area (Å²) in [6, 6.07) is 1.27. The van der Waals surface area contributed by atoms with Crippen molar-refractivity contribution in [3.05, 3.63) is 33.1 Å². The SMILES string of the molecule is CC(C)(C)[Si](C)(C)OC1C[C@]2(CO)CO[C@H]1C(n1ccc(=O)[nH]c1=O)O2. The maximum atomic E-state index is 12.2. The molecule has 3 aliphatic heterocycles. The Bertz CT molecular complexity index is 782. The van der Waals surface area contributed by atoms with Crippen molar-refractivity contribution in [3.8, 4) is 0 Å². The first-order valence-corrected chi connectivity index (χ1v) is 11.8. The van der Waals surface area contributed by atoms with E-state index in [2.05, 4.69) is 38.8 Å². The number of hydrogen-bond donors (Lipinski definition) is 2. The molecule has 0 aromatic carbocycles. The van der Waals surface area contributed by atoms with E-state index in [1.165, 1.54) is 16.8 Å². The molecule has 4 rings (SSSR count). The molecule has 3 saturated heterocycles. The Morgan fingerprint density at radius 1 is 1.42 bits per heavy atom. The number of ether oxygens (including phenoxy) is 2. The summed E-state index contributed by atoms with van der Waals surface area (Å²) in [5.74, 6) is 0. The molecule has 0 spiro atoms. The molecule has 0 aliphatic carbocycles. The first-order valence-electron chi connectivity index (χ1n) is 8.88. The second-order valence-electron chi connectivity index (χ2n) is 8.76. The van der Waals surface area contributed by atoms with Crippen LogP contribution in [0.5, 0.6) is 0 Å². The third-order valence-corrected chi connectivity index (χ3v) is 10.3. The van der Waals surface area contributed by atoms with Crippen LogP contribution in [0.25, 0.3) is 0 Å². The number of fused-ring (bicyclic) bond motifs is 3. The minimum absolute atomic E-state index is 0.0151. The van der Waals surface area contributed by atoms with E-state index in [-0.39, 0.29) is 24.4 Å². The smallest absolute Gasteiger partial charge is 0.330 e. The van der Waals surface area contributed by atoms with Gasteiger partial charge in [-0.25, -0.2) is 4.79 Å². The van der Waals surface area contributed by atoms with Crippen LogP contribution >= 0.6 is 0 Å². The van der Waals surface area contributed by atoms with Crippen molar-refractivity contribution in [1.29, 1.82) is 0 Å². The number of aliphatic hydroxyl groups excluding tert-OH is 1. The van der Waals surface area contributed by atoms with Crippen molar-refractivity contribution < 1.29 is 19.0 Å². The third-order valence-electron chi connectivity index (χ3n) is 5.80.